The van der Waals surface area contributed by atoms with Gasteiger partial charge in [0.2, 0.25) is 11.8 Å². The van der Waals surface area contributed by atoms with E-state index in [4.69, 9.17) is 9.47 Å². The third kappa shape index (κ3) is 6.97. The number of carbonyl (C=O) groups is 2. The van der Waals surface area contributed by atoms with Gasteiger partial charge in [-0.3, -0.25) is 4.79 Å². The first kappa shape index (κ1) is 20.2. The minimum atomic E-state index is -0.685. The van der Waals surface area contributed by atoms with Gasteiger partial charge >= 0.3 is 6.09 Å². The summed E-state index contributed by atoms with van der Waals surface area (Å²) in [5.74, 6) is 0.144. The van der Waals surface area contributed by atoms with E-state index in [0.717, 1.165) is 18.4 Å². The Bertz CT molecular complexity index is 720. The van der Waals surface area contributed by atoms with Crippen molar-refractivity contribution in [2.75, 3.05) is 12.4 Å². The molecule has 27 heavy (non-hydrogen) atoms. The summed E-state index contributed by atoms with van der Waals surface area (Å²) >= 11 is 0. The van der Waals surface area contributed by atoms with Gasteiger partial charge in [-0.1, -0.05) is 50.1 Å². The van der Waals surface area contributed by atoms with Crippen LogP contribution in [0.4, 0.5) is 10.5 Å². The number of anilines is 1. The largest absolute Gasteiger partial charge is 0.481 e. The van der Waals surface area contributed by atoms with Crippen LogP contribution in [0, 0.1) is 0 Å². The van der Waals surface area contributed by atoms with Gasteiger partial charge < -0.3 is 20.1 Å². The van der Waals surface area contributed by atoms with Crippen LogP contribution in [0.25, 0.3) is 0 Å². The number of ether oxygens (including phenoxy) is 2. The number of nitrogens with one attached hydrogen (secondary N) is 2. The molecule has 144 valence electrons. The summed E-state index contributed by atoms with van der Waals surface area (Å²) in [6.07, 6.45) is 3.11. The fraction of sp³-hybridized carbons (Fsp3) is 0.350. The van der Waals surface area contributed by atoms with Crippen molar-refractivity contribution in [2.24, 2.45) is 0 Å². The van der Waals surface area contributed by atoms with Gasteiger partial charge in [0.25, 0.3) is 0 Å². The van der Waals surface area contributed by atoms with E-state index in [2.05, 4.69) is 15.6 Å². The predicted molar refractivity (Wildman–Crippen MR) is 102 cm³/mol. The molecular weight excluding hydrogens is 346 g/mol. The number of benzene rings is 1. The lowest BCUT2D eigenvalue weighted by Gasteiger charge is -2.18. The normalized spacial score (nSPS) is 11.3. The summed E-state index contributed by atoms with van der Waals surface area (Å²) in [6.45, 7) is 2.17. The van der Waals surface area contributed by atoms with Gasteiger partial charge in [-0.25, -0.2) is 9.78 Å². The molecule has 0 fully saturated rings. The number of amides is 2. The number of hydrogen-bond acceptors (Lipinski definition) is 5. The highest BCUT2D eigenvalue weighted by Gasteiger charge is 2.21. The molecule has 0 bridgehead atoms. The van der Waals surface area contributed by atoms with Crippen LogP contribution in [-0.2, 0) is 16.1 Å². The fourth-order valence-corrected chi connectivity index (χ4v) is 2.39. The van der Waals surface area contributed by atoms with Crippen LogP contribution in [0.2, 0.25) is 0 Å². The summed E-state index contributed by atoms with van der Waals surface area (Å²) in [4.78, 5) is 28.7. The third-order valence-corrected chi connectivity index (χ3v) is 3.88. The van der Waals surface area contributed by atoms with Crippen LogP contribution < -0.4 is 15.4 Å². The van der Waals surface area contributed by atoms with Crippen molar-refractivity contribution in [3.05, 3.63) is 54.2 Å². The van der Waals surface area contributed by atoms with Gasteiger partial charge in [0.05, 0.1) is 19.0 Å². The monoisotopic (exact) mass is 371 g/mol. The highest BCUT2D eigenvalue weighted by molar-refractivity contribution is 5.96. The smallest absolute Gasteiger partial charge is 0.408 e. The Kier molecular flexibility index (Phi) is 8.09. The second-order valence-corrected chi connectivity index (χ2v) is 5.98. The molecule has 0 aliphatic rings. The zero-order valence-corrected chi connectivity index (χ0v) is 15.6. The molecule has 2 rings (SSSR count). The summed E-state index contributed by atoms with van der Waals surface area (Å²) in [5, 5.41) is 5.40. The van der Waals surface area contributed by atoms with Crippen LogP contribution >= 0.6 is 0 Å². The Balaban J connectivity index is 1.91. The van der Waals surface area contributed by atoms with Crippen molar-refractivity contribution in [3.63, 3.8) is 0 Å². The van der Waals surface area contributed by atoms with Crippen molar-refractivity contribution in [3.8, 4) is 5.88 Å². The molecule has 1 aromatic heterocycles. The molecule has 0 radical (unpaired) electrons. The molecule has 0 saturated carbocycles. The average Bonchev–Trinajstić information content (AvgIpc) is 2.70. The number of aromatic nitrogens is 1. The van der Waals surface area contributed by atoms with Crippen LogP contribution in [0.3, 0.4) is 0 Å². The minimum Gasteiger partial charge on any atom is -0.481 e. The summed E-state index contributed by atoms with van der Waals surface area (Å²) < 4.78 is 10.2. The zero-order chi connectivity index (χ0) is 19.5. The van der Waals surface area contributed by atoms with Crippen molar-refractivity contribution < 1.29 is 19.1 Å². The Morgan fingerprint density at radius 1 is 1.15 bits per heavy atom. The SMILES string of the molecule is CCCCC(NC(=O)OCc1ccccc1)C(=O)Nc1ccc(OC)nc1. The summed E-state index contributed by atoms with van der Waals surface area (Å²) in [5.41, 5.74) is 1.41. The van der Waals surface area contributed by atoms with Crippen molar-refractivity contribution in [1.82, 2.24) is 10.3 Å². The van der Waals surface area contributed by atoms with Gasteiger partial charge in [-0.05, 0) is 18.1 Å². The van der Waals surface area contributed by atoms with E-state index in [1.54, 1.807) is 12.1 Å². The highest BCUT2D eigenvalue weighted by Crippen LogP contribution is 2.12. The van der Waals surface area contributed by atoms with E-state index in [1.807, 2.05) is 37.3 Å². The number of nitrogens with zero attached hydrogens (tertiary/aromatic N) is 1. The first-order valence-corrected chi connectivity index (χ1v) is 8.90. The Labute approximate surface area is 159 Å². The number of alkyl carbamates (subject to hydrolysis) is 1. The lowest BCUT2D eigenvalue weighted by molar-refractivity contribution is -0.118. The van der Waals surface area contributed by atoms with E-state index in [0.29, 0.717) is 18.0 Å². The Morgan fingerprint density at radius 3 is 2.56 bits per heavy atom. The minimum absolute atomic E-state index is 0.150. The van der Waals surface area contributed by atoms with Crippen LogP contribution in [0.5, 0.6) is 5.88 Å². The van der Waals surface area contributed by atoms with E-state index in [-0.39, 0.29) is 12.5 Å². The summed E-state index contributed by atoms with van der Waals surface area (Å²) in [7, 11) is 1.52. The molecule has 1 aromatic carbocycles. The molecule has 2 amide bonds. The van der Waals surface area contributed by atoms with Crippen molar-refractivity contribution in [2.45, 2.75) is 38.8 Å². The topological polar surface area (TPSA) is 89.5 Å². The first-order chi connectivity index (χ1) is 13.1. The van der Waals surface area contributed by atoms with Gasteiger partial charge in [-0.2, -0.15) is 0 Å². The lowest BCUT2D eigenvalue weighted by Crippen LogP contribution is -2.44. The molecule has 1 unspecified atom stereocenters. The van der Waals surface area contributed by atoms with E-state index in [1.165, 1.54) is 13.3 Å². The number of hydrogen-bond donors (Lipinski definition) is 2. The van der Waals surface area contributed by atoms with Crippen molar-refractivity contribution in [1.29, 1.82) is 0 Å². The van der Waals surface area contributed by atoms with E-state index < -0.39 is 12.1 Å². The maximum atomic E-state index is 12.5. The molecule has 2 N–H and O–H groups in total. The highest BCUT2D eigenvalue weighted by atomic mass is 16.5. The molecular formula is C20H25N3O4. The number of methoxy groups -OCH3 is 1. The van der Waals surface area contributed by atoms with Crippen LogP contribution in [-0.4, -0.2) is 30.1 Å². The van der Waals surface area contributed by atoms with Crippen molar-refractivity contribution >= 4 is 17.7 Å². The molecule has 7 nitrogen and oxygen atoms in total. The van der Waals surface area contributed by atoms with Gasteiger partial charge in [0.15, 0.2) is 0 Å². The molecule has 7 heteroatoms. The zero-order valence-electron chi connectivity index (χ0n) is 15.6. The maximum absolute atomic E-state index is 12.5. The maximum Gasteiger partial charge on any atom is 0.408 e. The number of carbonyl (C=O) groups excluding carboxylic acids is 2. The fourth-order valence-electron chi connectivity index (χ4n) is 2.39. The third-order valence-electron chi connectivity index (χ3n) is 3.88. The second kappa shape index (κ2) is 10.8. The van der Waals surface area contributed by atoms with Gasteiger partial charge in [-0.15, -0.1) is 0 Å². The molecule has 0 saturated heterocycles. The lowest BCUT2D eigenvalue weighted by atomic mass is 10.1. The standard InChI is InChI=1S/C20H25N3O4/c1-3-4-10-17(19(24)22-16-11-12-18(26-2)21-13-16)23-20(25)27-14-15-8-6-5-7-9-15/h5-9,11-13,17H,3-4,10,14H2,1-2H3,(H,22,24)(H,23,25). The first-order valence-electron chi connectivity index (χ1n) is 8.90. The molecule has 0 aliphatic carbocycles. The Morgan fingerprint density at radius 2 is 1.93 bits per heavy atom. The number of unbranched alkanes of at least 4 members (excludes halogenated alkanes) is 1. The molecule has 0 spiro atoms. The Hall–Kier alpha value is -3.09. The van der Waals surface area contributed by atoms with E-state index in [9.17, 15) is 9.59 Å². The molecule has 1 atom stereocenters. The van der Waals surface area contributed by atoms with Crippen LogP contribution in [0.15, 0.2) is 48.7 Å². The molecule has 1 heterocycles. The van der Waals surface area contributed by atoms with Gasteiger partial charge in [0.1, 0.15) is 12.6 Å². The second-order valence-electron chi connectivity index (χ2n) is 5.98. The summed E-state index contributed by atoms with van der Waals surface area (Å²) in [6, 6.07) is 12.0. The van der Waals surface area contributed by atoms with E-state index >= 15 is 0 Å². The number of pyridine rings is 1. The predicted octanol–water partition coefficient (Wildman–Crippen LogP) is 3.51. The number of rotatable bonds is 9. The molecule has 0 aliphatic heterocycles. The van der Waals surface area contributed by atoms with Gasteiger partial charge in [0, 0.05) is 6.07 Å². The quantitative estimate of drug-likeness (QED) is 0.704. The molecule has 2 aromatic rings. The average molecular weight is 371 g/mol. The van der Waals surface area contributed by atoms with Crippen LogP contribution in [0.1, 0.15) is 31.7 Å².